The Morgan fingerprint density at radius 1 is 1.91 bits per heavy atom. The lowest BCUT2D eigenvalue weighted by Gasteiger charge is -2.20. The van der Waals surface area contributed by atoms with Gasteiger partial charge in [0.15, 0.2) is 0 Å². The topological polar surface area (TPSA) is 44.1 Å². The summed E-state index contributed by atoms with van der Waals surface area (Å²) in [5.41, 5.74) is 0. The summed E-state index contributed by atoms with van der Waals surface area (Å²) in [4.78, 5) is 12.5. The van der Waals surface area contributed by atoms with E-state index in [1.165, 1.54) is 11.0 Å². The predicted molar refractivity (Wildman–Crippen MR) is 42.7 cm³/mol. The van der Waals surface area contributed by atoms with Crippen LogP contribution >= 0.6 is 0 Å². The summed E-state index contributed by atoms with van der Waals surface area (Å²) in [6, 6.07) is 1.62. The molecule has 0 fully saturated rings. The number of likely N-dealkylation sites (N-methyl/N-ethyl adjacent to an activating group) is 1. The van der Waals surface area contributed by atoms with Gasteiger partial charge in [0.25, 0.3) is 0 Å². The Kier molecular flexibility index (Phi) is 3.97. The summed E-state index contributed by atoms with van der Waals surface area (Å²) in [7, 11) is 0. The van der Waals surface area contributed by atoms with E-state index in [1.54, 1.807) is 6.92 Å². The van der Waals surface area contributed by atoms with Crippen LogP contribution in [0.3, 0.4) is 0 Å². The van der Waals surface area contributed by atoms with Crippen LogP contribution < -0.4 is 0 Å². The molecule has 0 aromatic carbocycles. The van der Waals surface area contributed by atoms with Gasteiger partial charge in [-0.2, -0.15) is 5.26 Å². The van der Waals surface area contributed by atoms with Gasteiger partial charge < -0.3 is 4.90 Å². The number of hydrogen-bond acceptors (Lipinski definition) is 2. The number of amides is 1. The molecule has 0 aliphatic rings. The molecule has 3 nitrogen and oxygen atoms in total. The van der Waals surface area contributed by atoms with Crippen molar-refractivity contribution in [3.8, 4) is 6.07 Å². The Hall–Kier alpha value is -1.30. The Morgan fingerprint density at radius 2 is 2.45 bits per heavy atom. The van der Waals surface area contributed by atoms with Crippen molar-refractivity contribution in [2.45, 2.75) is 19.9 Å². The van der Waals surface area contributed by atoms with Crippen LogP contribution in [0.15, 0.2) is 12.7 Å². The molecular formula is C8H12N2O. The fourth-order valence-corrected chi connectivity index (χ4v) is 0.808. The van der Waals surface area contributed by atoms with Crippen LogP contribution in [0.4, 0.5) is 0 Å². The van der Waals surface area contributed by atoms with Crippen LogP contribution in [0.5, 0.6) is 0 Å². The second kappa shape index (κ2) is 4.51. The van der Waals surface area contributed by atoms with Gasteiger partial charge in [-0.15, -0.1) is 0 Å². The van der Waals surface area contributed by atoms with Crippen molar-refractivity contribution < 1.29 is 4.79 Å². The van der Waals surface area contributed by atoms with Gasteiger partial charge in [0.05, 0.1) is 6.07 Å². The van der Waals surface area contributed by atoms with E-state index in [9.17, 15) is 4.79 Å². The molecule has 1 atom stereocenters. The maximum atomic E-state index is 11.0. The first-order chi connectivity index (χ1) is 5.17. The molecule has 0 saturated carbocycles. The van der Waals surface area contributed by atoms with Crippen molar-refractivity contribution in [2.24, 2.45) is 0 Å². The second-order valence-electron chi connectivity index (χ2n) is 2.13. The lowest BCUT2D eigenvalue weighted by molar-refractivity contribution is -0.126. The number of carbonyl (C=O) groups excluding carboxylic acids is 1. The highest BCUT2D eigenvalue weighted by Gasteiger charge is 2.13. The van der Waals surface area contributed by atoms with Crippen LogP contribution in [-0.2, 0) is 4.79 Å². The minimum atomic E-state index is -0.370. The Balaban J connectivity index is 4.29. The highest BCUT2D eigenvalue weighted by atomic mass is 16.2. The van der Waals surface area contributed by atoms with Crippen molar-refractivity contribution in [3.63, 3.8) is 0 Å². The average Bonchev–Trinajstić information content (AvgIpc) is 2.05. The van der Waals surface area contributed by atoms with Crippen LogP contribution in [0.2, 0.25) is 0 Å². The Bertz CT molecular complexity index is 193. The smallest absolute Gasteiger partial charge is 0.247 e. The summed E-state index contributed by atoms with van der Waals surface area (Å²) in [5, 5.41) is 8.50. The molecule has 0 aliphatic heterocycles. The summed E-state index contributed by atoms with van der Waals surface area (Å²) >= 11 is 0. The standard InChI is InChI=1S/C8H12N2O/c1-4-8(11)10(5-2)7(3)6-9/h4,7H,1,5H2,2-3H3. The van der Waals surface area contributed by atoms with Crippen LogP contribution in [-0.4, -0.2) is 23.4 Å². The lowest BCUT2D eigenvalue weighted by Crippen LogP contribution is -2.36. The van der Waals surface area contributed by atoms with Gasteiger partial charge in [-0.05, 0) is 19.9 Å². The van der Waals surface area contributed by atoms with Crippen LogP contribution in [0, 0.1) is 11.3 Å². The van der Waals surface area contributed by atoms with Gasteiger partial charge in [-0.1, -0.05) is 6.58 Å². The van der Waals surface area contributed by atoms with Crippen molar-refractivity contribution in [3.05, 3.63) is 12.7 Å². The quantitative estimate of drug-likeness (QED) is 0.565. The van der Waals surface area contributed by atoms with Crippen LogP contribution in [0.25, 0.3) is 0 Å². The third-order valence-electron chi connectivity index (χ3n) is 1.45. The third-order valence-corrected chi connectivity index (χ3v) is 1.45. The minimum absolute atomic E-state index is 0.193. The molecule has 60 valence electrons. The van der Waals surface area contributed by atoms with E-state index in [0.29, 0.717) is 6.54 Å². The normalized spacial score (nSPS) is 11.4. The van der Waals surface area contributed by atoms with Gasteiger partial charge in [0, 0.05) is 6.54 Å². The number of carbonyl (C=O) groups is 1. The summed E-state index contributed by atoms with van der Waals surface area (Å²) in [5.74, 6) is -0.193. The summed E-state index contributed by atoms with van der Waals surface area (Å²) in [6.07, 6.45) is 1.22. The number of nitriles is 1. The van der Waals surface area contributed by atoms with Gasteiger partial charge >= 0.3 is 0 Å². The molecule has 0 aromatic heterocycles. The van der Waals surface area contributed by atoms with Gasteiger partial charge in [0.2, 0.25) is 5.91 Å². The van der Waals surface area contributed by atoms with Crippen molar-refractivity contribution >= 4 is 5.91 Å². The molecular weight excluding hydrogens is 140 g/mol. The van der Waals surface area contributed by atoms with Crippen molar-refractivity contribution in [1.82, 2.24) is 4.90 Å². The molecule has 0 radical (unpaired) electrons. The van der Waals surface area contributed by atoms with Crippen molar-refractivity contribution in [1.29, 1.82) is 5.26 Å². The van der Waals surface area contributed by atoms with E-state index in [2.05, 4.69) is 6.58 Å². The molecule has 0 bridgehead atoms. The average molecular weight is 152 g/mol. The van der Waals surface area contributed by atoms with E-state index >= 15 is 0 Å². The van der Waals surface area contributed by atoms with Crippen LogP contribution in [0.1, 0.15) is 13.8 Å². The molecule has 0 spiro atoms. The monoisotopic (exact) mass is 152 g/mol. The van der Waals surface area contributed by atoms with Crippen molar-refractivity contribution in [2.75, 3.05) is 6.54 Å². The zero-order chi connectivity index (χ0) is 8.85. The molecule has 11 heavy (non-hydrogen) atoms. The maximum absolute atomic E-state index is 11.0. The molecule has 0 N–H and O–H groups in total. The van der Waals surface area contributed by atoms with E-state index in [1.807, 2.05) is 13.0 Å². The van der Waals surface area contributed by atoms with Gasteiger partial charge in [-0.3, -0.25) is 4.79 Å². The predicted octanol–water partition coefficient (Wildman–Crippen LogP) is 0.933. The molecule has 0 saturated heterocycles. The highest BCUT2D eigenvalue weighted by Crippen LogP contribution is 1.97. The number of nitrogens with zero attached hydrogens (tertiary/aromatic N) is 2. The molecule has 1 unspecified atom stereocenters. The molecule has 0 rings (SSSR count). The van der Waals surface area contributed by atoms with E-state index < -0.39 is 0 Å². The van der Waals surface area contributed by atoms with E-state index in [4.69, 9.17) is 5.26 Å². The second-order valence-corrected chi connectivity index (χ2v) is 2.13. The SMILES string of the molecule is C=CC(=O)N(CC)C(C)C#N. The molecule has 1 amide bonds. The number of rotatable bonds is 3. The minimum Gasteiger partial charge on any atom is -0.324 e. The molecule has 0 aliphatic carbocycles. The number of hydrogen-bond donors (Lipinski definition) is 0. The first-order valence-electron chi connectivity index (χ1n) is 3.50. The molecule has 0 aromatic rings. The third kappa shape index (κ3) is 2.42. The fraction of sp³-hybridized carbons (Fsp3) is 0.500. The Morgan fingerprint density at radius 3 is 2.73 bits per heavy atom. The maximum Gasteiger partial charge on any atom is 0.247 e. The van der Waals surface area contributed by atoms with E-state index in [0.717, 1.165) is 0 Å². The summed E-state index contributed by atoms with van der Waals surface area (Å²) < 4.78 is 0. The summed E-state index contributed by atoms with van der Waals surface area (Å²) in [6.45, 7) is 7.40. The first-order valence-corrected chi connectivity index (χ1v) is 3.50. The largest absolute Gasteiger partial charge is 0.324 e. The molecule has 3 heteroatoms. The highest BCUT2D eigenvalue weighted by molar-refractivity contribution is 5.87. The van der Waals surface area contributed by atoms with E-state index in [-0.39, 0.29) is 11.9 Å². The fourth-order valence-electron chi connectivity index (χ4n) is 0.808. The zero-order valence-electron chi connectivity index (χ0n) is 6.87. The molecule has 0 heterocycles. The lowest BCUT2D eigenvalue weighted by atomic mass is 10.3. The Labute approximate surface area is 66.9 Å². The zero-order valence-corrected chi connectivity index (χ0v) is 6.87. The van der Waals surface area contributed by atoms with Gasteiger partial charge in [0.1, 0.15) is 6.04 Å². The first kappa shape index (κ1) is 9.70. The van der Waals surface area contributed by atoms with Gasteiger partial charge in [-0.25, -0.2) is 0 Å².